The summed E-state index contributed by atoms with van der Waals surface area (Å²) in [6.07, 6.45) is -0.434. The van der Waals surface area contributed by atoms with Crippen molar-refractivity contribution < 1.29 is 32.2 Å². The van der Waals surface area contributed by atoms with Crippen LogP contribution in [0.15, 0.2) is 72.1 Å². The topological polar surface area (TPSA) is 102 Å². The summed E-state index contributed by atoms with van der Waals surface area (Å²) >= 11 is 0. The van der Waals surface area contributed by atoms with E-state index in [1.54, 1.807) is 32.9 Å². The number of hydrogen-bond donors (Lipinski definition) is 0. The number of imide groups is 1. The molecule has 2 aromatic rings. The molecule has 0 aromatic heterocycles. The maximum atomic E-state index is 14.0. The molecular formula is C27H34N2O7S. The molecule has 2 aromatic carbocycles. The van der Waals surface area contributed by atoms with E-state index in [4.69, 9.17) is 14.2 Å². The predicted octanol–water partition coefficient (Wildman–Crippen LogP) is 4.51. The predicted molar refractivity (Wildman–Crippen MR) is 138 cm³/mol. The molecule has 0 bridgehead atoms. The Kier molecular flexibility index (Phi) is 8.78. The van der Waals surface area contributed by atoms with Gasteiger partial charge in [0.2, 0.25) is 0 Å². The lowest BCUT2D eigenvalue weighted by molar-refractivity contribution is -0.117. The molecule has 10 heteroatoms. The molecule has 3 atom stereocenters. The Morgan fingerprint density at radius 2 is 1.70 bits per heavy atom. The second-order valence-electron chi connectivity index (χ2n) is 9.77. The first-order chi connectivity index (χ1) is 17.4. The zero-order chi connectivity index (χ0) is 27.4. The fourth-order valence-corrected chi connectivity index (χ4v) is 5.67. The maximum Gasteiger partial charge on any atom is 0.418 e. The van der Waals surface area contributed by atoms with Crippen LogP contribution in [0, 0.1) is 6.92 Å². The Hall–Kier alpha value is -3.21. The molecule has 0 radical (unpaired) electrons. The molecule has 37 heavy (non-hydrogen) atoms. The maximum absolute atomic E-state index is 14.0. The third-order valence-electron chi connectivity index (χ3n) is 5.79. The van der Waals surface area contributed by atoms with Crippen molar-refractivity contribution in [1.29, 1.82) is 0 Å². The van der Waals surface area contributed by atoms with Crippen molar-refractivity contribution in [2.24, 2.45) is 0 Å². The minimum absolute atomic E-state index is 0.102. The van der Waals surface area contributed by atoms with Gasteiger partial charge in [-0.25, -0.2) is 27.2 Å². The molecule has 200 valence electrons. The molecule has 1 heterocycles. The number of benzene rings is 2. The van der Waals surface area contributed by atoms with Gasteiger partial charge in [-0.1, -0.05) is 54.1 Å². The van der Waals surface area contributed by atoms with Gasteiger partial charge in [0, 0.05) is 7.11 Å². The van der Waals surface area contributed by atoms with Crippen molar-refractivity contribution in [2.45, 2.75) is 62.8 Å². The van der Waals surface area contributed by atoms with Crippen LogP contribution in [0.1, 0.15) is 31.9 Å². The molecule has 0 spiro atoms. The highest BCUT2D eigenvalue weighted by molar-refractivity contribution is 7.89. The standard InChI is InChI=1S/C27H34N2O7S/c1-7-22-24(35-18-34-6)23(17-20-11-9-8-10-12-20)28(26(31)36-27(3,4)5)25(30)29(22)37(32,33)21-15-13-19(2)14-16-21/h7-16,22-24H,1,17-18H2,2-6H3. The highest BCUT2D eigenvalue weighted by Gasteiger charge is 2.54. The Morgan fingerprint density at radius 3 is 2.24 bits per heavy atom. The van der Waals surface area contributed by atoms with Gasteiger partial charge in [-0.2, -0.15) is 0 Å². The van der Waals surface area contributed by atoms with Gasteiger partial charge in [-0.3, -0.25) is 0 Å². The Bertz CT molecular complexity index is 1210. The Labute approximate surface area is 218 Å². The van der Waals surface area contributed by atoms with E-state index in [0.29, 0.717) is 4.31 Å². The summed E-state index contributed by atoms with van der Waals surface area (Å²) < 4.78 is 44.9. The quantitative estimate of drug-likeness (QED) is 0.365. The van der Waals surface area contributed by atoms with Crippen LogP contribution < -0.4 is 0 Å². The van der Waals surface area contributed by atoms with Crippen molar-refractivity contribution in [3.8, 4) is 0 Å². The number of aryl methyl sites for hydroxylation is 1. The molecule has 9 nitrogen and oxygen atoms in total. The summed E-state index contributed by atoms with van der Waals surface area (Å²) in [5.41, 5.74) is 0.731. The van der Waals surface area contributed by atoms with E-state index in [9.17, 15) is 18.0 Å². The second-order valence-corrected chi connectivity index (χ2v) is 11.6. The number of urea groups is 1. The first kappa shape index (κ1) is 28.4. The Balaban J connectivity index is 2.18. The lowest BCUT2D eigenvalue weighted by atomic mass is 9.93. The van der Waals surface area contributed by atoms with Gasteiger partial charge in [-0.15, -0.1) is 6.58 Å². The fraction of sp³-hybridized carbons (Fsp3) is 0.407. The number of carbonyl (C=O) groups is 2. The van der Waals surface area contributed by atoms with Crippen LogP contribution in [0.4, 0.5) is 9.59 Å². The van der Waals surface area contributed by atoms with Crippen LogP contribution in [0.5, 0.6) is 0 Å². The number of hydrogen-bond acceptors (Lipinski definition) is 7. The van der Waals surface area contributed by atoms with E-state index in [2.05, 4.69) is 6.58 Å². The summed E-state index contributed by atoms with van der Waals surface area (Å²) in [5.74, 6) is 0. The molecule has 3 amide bonds. The third-order valence-corrected chi connectivity index (χ3v) is 7.57. The fourth-order valence-electron chi connectivity index (χ4n) is 4.14. The molecule has 0 aliphatic carbocycles. The van der Waals surface area contributed by atoms with Crippen molar-refractivity contribution >= 4 is 22.1 Å². The van der Waals surface area contributed by atoms with Gasteiger partial charge in [0.05, 0.1) is 17.0 Å². The molecule has 1 fully saturated rings. The van der Waals surface area contributed by atoms with Crippen molar-refractivity contribution in [3.63, 3.8) is 0 Å². The van der Waals surface area contributed by atoms with Gasteiger partial charge < -0.3 is 14.2 Å². The monoisotopic (exact) mass is 530 g/mol. The average molecular weight is 531 g/mol. The normalized spacial score (nSPS) is 20.6. The van der Waals surface area contributed by atoms with Crippen molar-refractivity contribution in [2.75, 3.05) is 13.9 Å². The number of sulfonamides is 1. The SMILES string of the molecule is C=CC1C(OCOC)C(Cc2ccccc2)N(C(=O)OC(C)(C)C)C(=O)N1S(=O)(=O)c1ccc(C)cc1. The molecular weight excluding hydrogens is 496 g/mol. The number of rotatable bonds is 8. The minimum Gasteiger partial charge on any atom is -0.443 e. The molecule has 1 aliphatic rings. The summed E-state index contributed by atoms with van der Waals surface area (Å²) in [4.78, 5) is 28.1. The van der Waals surface area contributed by atoms with Crippen LogP contribution in [-0.2, 0) is 30.7 Å². The van der Waals surface area contributed by atoms with Crippen LogP contribution in [0.3, 0.4) is 0 Å². The van der Waals surface area contributed by atoms with E-state index in [-0.39, 0.29) is 18.1 Å². The molecule has 1 aliphatic heterocycles. The van der Waals surface area contributed by atoms with Gasteiger partial charge in [0.1, 0.15) is 18.5 Å². The number of ether oxygens (including phenoxy) is 3. The van der Waals surface area contributed by atoms with Crippen LogP contribution in [0.25, 0.3) is 0 Å². The molecule has 1 saturated heterocycles. The van der Waals surface area contributed by atoms with E-state index in [0.717, 1.165) is 16.0 Å². The van der Waals surface area contributed by atoms with Crippen molar-refractivity contribution in [3.05, 3.63) is 78.4 Å². The van der Waals surface area contributed by atoms with Gasteiger partial charge in [0.15, 0.2) is 0 Å². The number of amides is 3. The van der Waals surface area contributed by atoms with E-state index < -0.39 is 45.9 Å². The first-order valence-electron chi connectivity index (χ1n) is 11.8. The van der Waals surface area contributed by atoms with Crippen molar-refractivity contribution in [1.82, 2.24) is 9.21 Å². The largest absolute Gasteiger partial charge is 0.443 e. The Morgan fingerprint density at radius 1 is 1.08 bits per heavy atom. The molecule has 3 rings (SSSR count). The van der Waals surface area contributed by atoms with E-state index >= 15 is 0 Å². The van der Waals surface area contributed by atoms with Gasteiger partial charge in [-0.05, 0) is 51.8 Å². The second kappa shape index (κ2) is 11.5. The molecule has 0 N–H and O–H groups in total. The van der Waals surface area contributed by atoms with Crippen LogP contribution in [0.2, 0.25) is 0 Å². The summed E-state index contributed by atoms with van der Waals surface area (Å²) in [7, 11) is -2.99. The van der Waals surface area contributed by atoms with E-state index in [1.807, 2.05) is 37.3 Å². The lowest BCUT2D eigenvalue weighted by Crippen LogP contribution is -2.69. The smallest absolute Gasteiger partial charge is 0.418 e. The van der Waals surface area contributed by atoms with E-state index in [1.165, 1.54) is 25.3 Å². The highest BCUT2D eigenvalue weighted by Crippen LogP contribution is 2.34. The summed E-state index contributed by atoms with van der Waals surface area (Å²) in [6, 6.07) is 12.2. The van der Waals surface area contributed by atoms with Gasteiger partial charge in [0.25, 0.3) is 10.0 Å². The highest BCUT2D eigenvalue weighted by atomic mass is 32.2. The number of nitrogens with zero attached hydrogens (tertiary/aromatic N) is 2. The number of methoxy groups -OCH3 is 1. The minimum atomic E-state index is -4.41. The van der Waals surface area contributed by atoms with Crippen LogP contribution >= 0.6 is 0 Å². The zero-order valence-electron chi connectivity index (χ0n) is 21.8. The zero-order valence-corrected chi connectivity index (χ0v) is 22.6. The summed E-state index contributed by atoms with van der Waals surface area (Å²) in [5, 5.41) is 0. The summed E-state index contributed by atoms with van der Waals surface area (Å²) in [6.45, 7) is 10.4. The average Bonchev–Trinajstić information content (AvgIpc) is 2.82. The third kappa shape index (κ3) is 6.38. The van der Waals surface area contributed by atoms with Gasteiger partial charge >= 0.3 is 12.1 Å². The lowest BCUT2D eigenvalue weighted by Gasteiger charge is -2.47. The first-order valence-corrected chi connectivity index (χ1v) is 13.3. The molecule has 0 saturated carbocycles. The number of carbonyl (C=O) groups excluding carboxylic acids is 2. The molecule has 3 unspecified atom stereocenters. The van der Waals surface area contributed by atoms with Crippen LogP contribution in [-0.4, -0.2) is 67.4 Å².